The first-order valence-corrected chi connectivity index (χ1v) is 6.07. The molecule has 2 N–H and O–H groups in total. The Bertz CT molecular complexity index is 296. The van der Waals surface area contributed by atoms with E-state index in [-0.39, 0.29) is 6.04 Å². The average Bonchev–Trinajstić information content (AvgIpc) is 2.77. The molecule has 0 radical (unpaired) electrons. The van der Waals surface area contributed by atoms with Crippen molar-refractivity contribution < 1.29 is 4.52 Å². The van der Waals surface area contributed by atoms with Gasteiger partial charge in [-0.3, -0.25) is 0 Å². The van der Waals surface area contributed by atoms with Gasteiger partial charge >= 0.3 is 0 Å². The molecule has 1 heterocycles. The van der Waals surface area contributed by atoms with Gasteiger partial charge in [-0.1, -0.05) is 19.8 Å². The quantitative estimate of drug-likeness (QED) is 0.771. The number of aromatic nitrogens is 2. The van der Waals surface area contributed by atoms with E-state index in [2.05, 4.69) is 30.9 Å². The summed E-state index contributed by atoms with van der Waals surface area (Å²) in [6.07, 6.45) is 3.12. The third-order valence-electron chi connectivity index (χ3n) is 2.66. The molecule has 0 saturated carbocycles. The van der Waals surface area contributed by atoms with Crippen molar-refractivity contribution in [2.24, 2.45) is 5.73 Å². The minimum Gasteiger partial charge on any atom is -0.339 e. The van der Waals surface area contributed by atoms with Gasteiger partial charge < -0.3 is 15.2 Å². The molecule has 5 heteroatoms. The molecule has 1 aromatic heterocycles. The zero-order valence-corrected chi connectivity index (χ0v) is 10.4. The molecule has 0 spiro atoms. The second kappa shape index (κ2) is 6.48. The van der Waals surface area contributed by atoms with Gasteiger partial charge in [0.05, 0.1) is 6.04 Å². The number of rotatable bonds is 7. The molecular weight excluding hydrogens is 204 g/mol. The Morgan fingerprint density at radius 2 is 2.00 bits per heavy atom. The molecule has 0 fully saturated rings. The van der Waals surface area contributed by atoms with Crippen LogP contribution in [0.4, 0.5) is 5.95 Å². The van der Waals surface area contributed by atoms with E-state index in [1.807, 2.05) is 4.90 Å². The fourth-order valence-corrected chi connectivity index (χ4v) is 1.56. The monoisotopic (exact) mass is 226 g/mol. The molecule has 0 aliphatic rings. The minimum atomic E-state index is -0.128. The standard InChI is InChI=1S/C11H22N4O/c1-4-7-8-9(12)10-13-11(14-16-10)15(5-2)6-3/h9H,4-8,12H2,1-3H3/t9-/m0/s1. The third-order valence-corrected chi connectivity index (χ3v) is 2.66. The molecule has 92 valence electrons. The maximum absolute atomic E-state index is 5.96. The fraction of sp³-hybridized carbons (Fsp3) is 0.818. The highest BCUT2D eigenvalue weighted by atomic mass is 16.5. The van der Waals surface area contributed by atoms with E-state index in [9.17, 15) is 0 Å². The zero-order valence-electron chi connectivity index (χ0n) is 10.4. The number of nitrogens with zero attached hydrogens (tertiary/aromatic N) is 3. The van der Waals surface area contributed by atoms with E-state index in [0.717, 1.165) is 32.4 Å². The van der Waals surface area contributed by atoms with Crippen LogP contribution < -0.4 is 10.6 Å². The Hall–Kier alpha value is -1.10. The van der Waals surface area contributed by atoms with E-state index in [1.165, 1.54) is 0 Å². The van der Waals surface area contributed by atoms with Crippen LogP contribution in [-0.4, -0.2) is 23.2 Å². The maximum atomic E-state index is 5.96. The predicted octanol–water partition coefficient (Wildman–Crippen LogP) is 2.11. The van der Waals surface area contributed by atoms with Crippen molar-refractivity contribution in [3.8, 4) is 0 Å². The van der Waals surface area contributed by atoms with Crippen molar-refractivity contribution >= 4 is 5.95 Å². The van der Waals surface area contributed by atoms with Gasteiger partial charge in [-0.05, 0) is 25.4 Å². The number of hydrogen-bond acceptors (Lipinski definition) is 5. The molecule has 0 aliphatic carbocycles. The first-order chi connectivity index (χ1) is 7.72. The Morgan fingerprint density at radius 3 is 2.56 bits per heavy atom. The van der Waals surface area contributed by atoms with Crippen molar-refractivity contribution in [2.75, 3.05) is 18.0 Å². The maximum Gasteiger partial charge on any atom is 0.266 e. The van der Waals surface area contributed by atoms with E-state index >= 15 is 0 Å². The van der Waals surface area contributed by atoms with Gasteiger partial charge in [0.15, 0.2) is 0 Å². The second-order valence-corrected chi connectivity index (χ2v) is 3.85. The van der Waals surface area contributed by atoms with Crippen LogP contribution >= 0.6 is 0 Å². The Kier molecular flexibility index (Phi) is 5.25. The number of anilines is 1. The summed E-state index contributed by atoms with van der Waals surface area (Å²) in [5.74, 6) is 1.20. The highest BCUT2D eigenvalue weighted by molar-refractivity contribution is 5.26. The lowest BCUT2D eigenvalue weighted by Crippen LogP contribution is -2.23. The Morgan fingerprint density at radius 1 is 1.31 bits per heavy atom. The molecule has 5 nitrogen and oxygen atoms in total. The Labute approximate surface area is 97.0 Å². The van der Waals surface area contributed by atoms with E-state index in [1.54, 1.807) is 0 Å². The second-order valence-electron chi connectivity index (χ2n) is 3.85. The summed E-state index contributed by atoms with van der Waals surface area (Å²) in [5.41, 5.74) is 5.96. The summed E-state index contributed by atoms with van der Waals surface area (Å²) in [6, 6.07) is -0.128. The molecule has 0 saturated heterocycles. The summed E-state index contributed by atoms with van der Waals surface area (Å²) in [5, 5.41) is 3.95. The molecule has 16 heavy (non-hydrogen) atoms. The van der Waals surface area contributed by atoms with Gasteiger partial charge in [-0.15, -0.1) is 0 Å². The van der Waals surface area contributed by atoms with E-state index in [4.69, 9.17) is 10.3 Å². The van der Waals surface area contributed by atoms with Crippen LogP contribution in [0.25, 0.3) is 0 Å². The average molecular weight is 226 g/mol. The topological polar surface area (TPSA) is 68.2 Å². The van der Waals surface area contributed by atoms with Crippen LogP contribution in [0.2, 0.25) is 0 Å². The van der Waals surface area contributed by atoms with Crippen LogP contribution in [0.1, 0.15) is 52.0 Å². The molecule has 1 rings (SSSR count). The normalized spacial score (nSPS) is 12.8. The molecule has 0 unspecified atom stereocenters. The lowest BCUT2D eigenvalue weighted by atomic mass is 10.1. The van der Waals surface area contributed by atoms with Crippen molar-refractivity contribution in [1.82, 2.24) is 10.1 Å². The first kappa shape index (κ1) is 13.0. The lowest BCUT2D eigenvalue weighted by molar-refractivity contribution is 0.345. The van der Waals surface area contributed by atoms with Crippen LogP contribution in [-0.2, 0) is 0 Å². The van der Waals surface area contributed by atoms with Crippen LogP contribution in [0.5, 0.6) is 0 Å². The SMILES string of the molecule is CCCC[C@H](N)c1nc(N(CC)CC)no1. The van der Waals surface area contributed by atoms with Crippen molar-refractivity contribution in [3.63, 3.8) is 0 Å². The van der Waals surface area contributed by atoms with Gasteiger partial charge in [0.25, 0.3) is 5.95 Å². The summed E-state index contributed by atoms with van der Waals surface area (Å²) < 4.78 is 5.18. The van der Waals surface area contributed by atoms with Gasteiger partial charge in [-0.25, -0.2) is 0 Å². The van der Waals surface area contributed by atoms with Crippen molar-refractivity contribution in [1.29, 1.82) is 0 Å². The van der Waals surface area contributed by atoms with E-state index in [0.29, 0.717) is 11.8 Å². The summed E-state index contributed by atoms with van der Waals surface area (Å²) >= 11 is 0. The molecular formula is C11H22N4O. The van der Waals surface area contributed by atoms with Crippen LogP contribution in [0, 0.1) is 0 Å². The zero-order chi connectivity index (χ0) is 12.0. The highest BCUT2D eigenvalue weighted by Crippen LogP contribution is 2.17. The smallest absolute Gasteiger partial charge is 0.266 e. The van der Waals surface area contributed by atoms with Gasteiger partial charge in [0, 0.05) is 13.1 Å². The molecule has 1 aromatic rings. The third kappa shape index (κ3) is 3.20. The molecule has 0 aromatic carbocycles. The lowest BCUT2D eigenvalue weighted by Gasteiger charge is -2.14. The fourth-order valence-electron chi connectivity index (χ4n) is 1.56. The van der Waals surface area contributed by atoms with Crippen LogP contribution in [0.15, 0.2) is 4.52 Å². The van der Waals surface area contributed by atoms with Gasteiger partial charge in [0.2, 0.25) is 5.89 Å². The van der Waals surface area contributed by atoms with Gasteiger partial charge in [-0.2, -0.15) is 4.98 Å². The number of unbranched alkanes of at least 4 members (excludes halogenated alkanes) is 1. The molecule has 0 bridgehead atoms. The van der Waals surface area contributed by atoms with Gasteiger partial charge in [0.1, 0.15) is 0 Å². The minimum absolute atomic E-state index is 0.128. The molecule has 0 amide bonds. The summed E-state index contributed by atoms with van der Waals surface area (Å²) in [7, 11) is 0. The predicted molar refractivity (Wildman–Crippen MR) is 64.3 cm³/mol. The largest absolute Gasteiger partial charge is 0.339 e. The summed E-state index contributed by atoms with van der Waals surface area (Å²) in [4.78, 5) is 6.37. The Balaban J connectivity index is 2.62. The van der Waals surface area contributed by atoms with E-state index < -0.39 is 0 Å². The number of nitrogens with two attached hydrogens (primary N) is 1. The number of hydrogen-bond donors (Lipinski definition) is 1. The molecule has 1 atom stereocenters. The highest BCUT2D eigenvalue weighted by Gasteiger charge is 2.16. The molecule has 0 aliphatic heterocycles. The first-order valence-electron chi connectivity index (χ1n) is 6.07. The van der Waals surface area contributed by atoms with Crippen molar-refractivity contribution in [3.05, 3.63) is 5.89 Å². The van der Waals surface area contributed by atoms with Crippen LogP contribution in [0.3, 0.4) is 0 Å². The summed E-state index contributed by atoms with van der Waals surface area (Å²) in [6.45, 7) is 8.02. The van der Waals surface area contributed by atoms with Crippen molar-refractivity contribution in [2.45, 2.75) is 46.1 Å².